The Morgan fingerprint density at radius 3 is 2.40 bits per heavy atom. The van der Waals surface area contributed by atoms with E-state index in [1.807, 2.05) is 42.5 Å². The van der Waals surface area contributed by atoms with E-state index >= 15 is 0 Å². The van der Waals surface area contributed by atoms with Gasteiger partial charge in [-0.2, -0.15) is 0 Å². The molecule has 0 radical (unpaired) electrons. The van der Waals surface area contributed by atoms with Gasteiger partial charge >= 0.3 is 0 Å². The highest BCUT2D eigenvalue weighted by atomic mass is 16.1. The zero-order chi connectivity index (χ0) is 18.3. The van der Waals surface area contributed by atoms with Gasteiger partial charge in [-0.25, -0.2) is 0 Å². The van der Waals surface area contributed by atoms with Crippen LogP contribution in [0.15, 0.2) is 54.6 Å². The first-order chi connectivity index (χ1) is 11.9. The minimum absolute atomic E-state index is 0.0468. The summed E-state index contributed by atoms with van der Waals surface area (Å²) in [4.78, 5) is 12.2. The highest BCUT2D eigenvalue weighted by Gasteiger charge is 2.21. The van der Waals surface area contributed by atoms with Gasteiger partial charge in [0, 0.05) is 30.2 Å². The molecule has 2 rings (SSSR count). The molecule has 0 aliphatic rings. The van der Waals surface area contributed by atoms with Crippen LogP contribution >= 0.6 is 0 Å². The minimum Gasteiger partial charge on any atom is -0.399 e. The van der Waals surface area contributed by atoms with Crippen LogP contribution in [0.2, 0.25) is 0 Å². The molecule has 0 bridgehead atoms. The third-order valence-electron chi connectivity index (χ3n) is 4.31. The summed E-state index contributed by atoms with van der Waals surface area (Å²) in [5.41, 5.74) is 8.72. The van der Waals surface area contributed by atoms with Crippen molar-refractivity contribution in [2.45, 2.75) is 45.2 Å². The number of amides is 1. The zero-order valence-corrected chi connectivity index (χ0v) is 15.4. The summed E-state index contributed by atoms with van der Waals surface area (Å²) < 4.78 is 0. The smallest absolute Gasteiger partial charge is 0.220 e. The first-order valence-electron chi connectivity index (χ1n) is 8.80. The summed E-state index contributed by atoms with van der Waals surface area (Å²) in [5, 5.41) is 6.60. The van der Waals surface area contributed by atoms with E-state index in [-0.39, 0.29) is 17.5 Å². The summed E-state index contributed by atoms with van der Waals surface area (Å²) in [7, 11) is 0. The second-order valence-electron chi connectivity index (χ2n) is 7.14. The number of nitrogen functional groups attached to an aromatic ring is 1. The molecule has 0 spiro atoms. The molecule has 134 valence electrons. The van der Waals surface area contributed by atoms with Crippen molar-refractivity contribution >= 4 is 11.6 Å². The Bertz CT molecular complexity index is 683. The quantitative estimate of drug-likeness (QED) is 0.645. The van der Waals surface area contributed by atoms with Crippen LogP contribution in [-0.2, 0) is 11.2 Å². The summed E-state index contributed by atoms with van der Waals surface area (Å²) in [5.74, 6) is 0.0468. The molecule has 4 N–H and O–H groups in total. The third-order valence-corrected chi connectivity index (χ3v) is 4.31. The minimum atomic E-state index is -0.198. The van der Waals surface area contributed by atoms with E-state index in [1.54, 1.807) is 0 Å². The number of rotatable bonds is 8. The maximum atomic E-state index is 12.2. The predicted molar refractivity (Wildman–Crippen MR) is 104 cm³/mol. The second kappa shape index (κ2) is 8.67. The number of carbonyl (C=O) groups excluding carboxylic acids is 1. The fourth-order valence-electron chi connectivity index (χ4n) is 2.88. The van der Waals surface area contributed by atoms with E-state index in [0.717, 1.165) is 11.3 Å². The number of nitrogens with two attached hydrogens (primary N) is 1. The van der Waals surface area contributed by atoms with E-state index in [1.165, 1.54) is 5.56 Å². The lowest BCUT2D eigenvalue weighted by atomic mass is 10.0. The molecule has 0 saturated heterocycles. The van der Waals surface area contributed by atoms with Crippen LogP contribution in [0.4, 0.5) is 5.69 Å². The van der Waals surface area contributed by atoms with E-state index < -0.39 is 0 Å². The van der Waals surface area contributed by atoms with Gasteiger partial charge in [0.2, 0.25) is 5.91 Å². The molecule has 1 amide bonds. The molecule has 0 fully saturated rings. The van der Waals surface area contributed by atoms with E-state index in [4.69, 9.17) is 5.73 Å². The monoisotopic (exact) mass is 339 g/mol. The van der Waals surface area contributed by atoms with Crippen LogP contribution in [0.5, 0.6) is 0 Å². The van der Waals surface area contributed by atoms with Crippen molar-refractivity contribution in [3.63, 3.8) is 0 Å². The van der Waals surface area contributed by atoms with Gasteiger partial charge in [-0.15, -0.1) is 0 Å². The van der Waals surface area contributed by atoms with Crippen LogP contribution < -0.4 is 16.4 Å². The van der Waals surface area contributed by atoms with Crippen LogP contribution in [0.3, 0.4) is 0 Å². The van der Waals surface area contributed by atoms with Crippen LogP contribution in [0, 0.1) is 0 Å². The topological polar surface area (TPSA) is 67.1 Å². The zero-order valence-electron chi connectivity index (χ0n) is 15.4. The first-order valence-corrected chi connectivity index (χ1v) is 8.80. The lowest BCUT2D eigenvalue weighted by molar-refractivity contribution is -0.121. The Labute approximate surface area is 150 Å². The molecule has 0 aromatic heterocycles. The van der Waals surface area contributed by atoms with Crippen molar-refractivity contribution in [3.8, 4) is 0 Å². The van der Waals surface area contributed by atoms with E-state index in [2.05, 4.69) is 43.5 Å². The molecule has 2 aromatic carbocycles. The van der Waals surface area contributed by atoms with Gasteiger partial charge in [0.25, 0.3) is 0 Å². The summed E-state index contributed by atoms with van der Waals surface area (Å²) in [6.45, 7) is 6.91. The number of para-hydroxylation sites is 1. The highest BCUT2D eigenvalue weighted by molar-refractivity contribution is 5.76. The predicted octanol–water partition coefficient (Wildman–Crippen LogP) is 3.45. The first kappa shape index (κ1) is 19.0. The van der Waals surface area contributed by atoms with E-state index in [0.29, 0.717) is 19.4 Å². The lowest BCUT2D eigenvalue weighted by Gasteiger charge is -2.31. The Kier molecular flexibility index (Phi) is 6.59. The maximum Gasteiger partial charge on any atom is 0.220 e. The molecule has 1 atom stereocenters. The molecule has 2 aromatic rings. The number of carbonyl (C=O) groups is 1. The van der Waals surface area contributed by atoms with E-state index in [9.17, 15) is 4.79 Å². The Morgan fingerprint density at radius 2 is 1.72 bits per heavy atom. The van der Waals surface area contributed by atoms with Crippen molar-refractivity contribution in [1.82, 2.24) is 10.6 Å². The standard InChI is InChI=1S/C21H29N3O/c1-16(17-9-5-4-6-10-17)24-21(2,3)15-23-20(25)14-13-18-11-7-8-12-19(18)22/h4-12,16,24H,13-15,22H2,1-3H3,(H,23,25). The molecule has 0 heterocycles. The van der Waals surface area contributed by atoms with Crippen molar-refractivity contribution in [1.29, 1.82) is 0 Å². The normalized spacial score (nSPS) is 12.6. The van der Waals surface area contributed by atoms with Gasteiger partial charge in [0.15, 0.2) is 0 Å². The average Bonchev–Trinajstić information content (AvgIpc) is 2.60. The molecule has 4 heteroatoms. The molecular formula is C21H29N3O. The Hall–Kier alpha value is -2.33. The van der Waals surface area contributed by atoms with Crippen molar-refractivity contribution < 1.29 is 4.79 Å². The highest BCUT2D eigenvalue weighted by Crippen LogP contribution is 2.16. The van der Waals surface area contributed by atoms with Crippen molar-refractivity contribution in [2.75, 3.05) is 12.3 Å². The molecule has 25 heavy (non-hydrogen) atoms. The second-order valence-corrected chi connectivity index (χ2v) is 7.14. The van der Waals surface area contributed by atoms with Crippen molar-refractivity contribution in [2.24, 2.45) is 0 Å². The number of anilines is 1. The lowest BCUT2D eigenvalue weighted by Crippen LogP contribution is -2.49. The van der Waals surface area contributed by atoms with Crippen LogP contribution in [0.1, 0.15) is 44.4 Å². The van der Waals surface area contributed by atoms with Gasteiger partial charge in [-0.05, 0) is 44.4 Å². The number of hydrogen-bond acceptors (Lipinski definition) is 3. The Morgan fingerprint density at radius 1 is 1.08 bits per heavy atom. The average molecular weight is 339 g/mol. The van der Waals surface area contributed by atoms with Gasteiger partial charge in [0.1, 0.15) is 0 Å². The molecule has 0 aliphatic carbocycles. The molecular weight excluding hydrogens is 310 g/mol. The Balaban J connectivity index is 1.78. The van der Waals surface area contributed by atoms with Crippen LogP contribution in [-0.4, -0.2) is 18.0 Å². The van der Waals surface area contributed by atoms with Gasteiger partial charge in [-0.1, -0.05) is 48.5 Å². The van der Waals surface area contributed by atoms with Crippen molar-refractivity contribution in [3.05, 3.63) is 65.7 Å². The molecule has 1 unspecified atom stereocenters. The largest absolute Gasteiger partial charge is 0.399 e. The van der Waals surface area contributed by atoms with Gasteiger partial charge in [-0.3, -0.25) is 4.79 Å². The molecule has 0 saturated carbocycles. The number of aryl methyl sites for hydroxylation is 1. The summed E-state index contributed by atoms with van der Waals surface area (Å²) in [6.07, 6.45) is 1.10. The summed E-state index contributed by atoms with van der Waals surface area (Å²) >= 11 is 0. The SMILES string of the molecule is CC(NC(C)(C)CNC(=O)CCc1ccccc1N)c1ccccc1. The van der Waals surface area contributed by atoms with Gasteiger partial charge < -0.3 is 16.4 Å². The summed E-state index contributed by atoms with van der Waals surface area (Å²) in [6, 6.07) is 18.2. The maximum absolute atomic E-state index is 12.2. The number of hydrogen-bond donors (Lipinski definition) is 3. The molecule has 4 nitrogen and oxygen atoms in total. The fraction of sp³-hybridized carbons (Fsp3) is 0.381. The molecule has 0 aliphatic heterocycles. The number of benzene rings is 2. The van der Waals surface area contributed by atoms with Crippen LogP contribution in [0.25, 0.3) is 0 Å². The third kappa shape index (κ3) is 6.24. The fourth-order valence-corrected chi connectivity index (χ4v) is 2.88. The van der Waals surface area contributed by atoms with Gasteiger partial charge in [0.05, 0.1) is 0 Å². The number of nitrogens with one attached hydrogen (secondary N) is 2.